The van der Waals surface area contributed by atoms with Crippen molar-refractivity contribution in [3.05, 3.63) is 16.1 Å². The first-order chi connectivity index (χ1) is 6.69. The number of aliphatic hydroxyl groups is 3. The normalized spacial score (nSPS) is 15.4. The van der Waals surface area contributed by atoms with E-state index in [-0.39, 0.29) is 6.61 Å². The van der Waals surface area contributed by atoms with Gasteiger partial charge in [0.15, 0.2) is 0 Å². The molecule has 1 rings (SSSR count). The molecule has 0 spiro atoms. The topological polar surface area (TPSA) is 99.6 Å². The molecule has 0 aliphatic carbocycles. The molecule has 0 fully saturated rings. The van der Waals surface area contributed by atoms with Gasteiger partial charge in [0.05, 0.1) is 17.6 Å². The van der Waals surface area contributed by atoms with Gasteiger partial charge in [-0.25, -0.2) is 4.98 Å². The Morgan fingerprint density at radius 1 is 1.50 bits per heavy atom. The van der Waals surface area contributed by atoms with E-state index in [1.165, 1.54) is 17.5 Å². The van der Waals surface area contributed by atoms with E-state index < -0.39 is 12.2 Å². The van der Waals surface area contributed by atoms with Gasteiger partial charge in [-0.05, 0) is 13.0 Å². The van der Waals surface area contributed by atoms with Gasteiger partial charge in [0.2, 0.25) is 0 Å². The molecule has 80 valence electrons. The highest BCUT2D eigenvalue weighted by atomic mass is 32.1. The molecule has 0 amide bonds. The number of rotatable bonds is 5. The summed E-state index contributed by atoms with van der Waals surface area (Å²) in [4.78, 5) is 4.56. The maximum atomic E-state index is 9.59. The molecule has 0 aliphatic rings. The zero-order chi connectivity index (χ0) is 10.6. The molecule has 0 aromatic carbocycles. The fourth-order valence-electron chi connectivity index (χ4n) is 1.03. The van der Waals surface area contributed by atoms with Crippen molar-refractivity contribution in [2.45, 2.75) is 25.2 Å². The number of hydrogen-bond donors (Lipinski definition) is 4. The van der Waals surface area contributed by atoms with Crippen molar-refractivity contribution in [2.24, 2.45) is 5.73 Å². The number of aromatic nitrogens is 1. The molecule has 1 aromatic heterocycles. The fraction of sp³-hybridized carbons (Fsp3) is 0.625. The van der Waals surface area contributed by atoms with Gasteiger partial charge in [0.1, 0.15) is 11.1 Å². The van der Waals surface area contributed by atoms with Crippen LogP contribution in [0.3, 0.4) is 0 Å². The smallest absolute Gasteiger partial charge is 0.131 e. The van der Waals surface area contributed by atoms with E-state index in [1.807, 2.05) is 0 Å². The van der Waals surface area contributed by atoms with Crippen molar-refractivity contribution < 1.29 is 15.3 Å². The third-order valence-electron chi connectivity index (χ3n) is 1.81. The predicted octanol–water partition coefficient (Wildman–Crippen LogP) is -0.622. The van der Waals surface area contributed by atoms with E-state index in [4.69, 9.17) is 10.8 Å². The first-order valence-corrected chi connectivity index (χ1v) is 5.12. The molecule has 1 heterocycles. The van der Waals surface area contributed by atoms with Crippen LogP contribution in [0.2, 0.25) is 0 Å². The van der Waals surface area contributed by atoms with Crippen molar-refractivity contribution in [3.8, 4) is 0 Å². The van der Waals surface area contributed by atoms with Crippen LogP contribution in [0.1, 0.15) is 22.4 Å². The minimum absolute atomic E-state index is 0.0998. The summed E-state index contributed by atoms with van der Waals surface area (Å²) < 4.78 is 0. The summed E-state index contributed by atoms with van der Waals surface area (Å²) in [5, 5.41) is 28.2. The van der Waals surface area contributed by atoms with Crippen LogP contribution in [-0.2, 0) is 6.61 Å². The number of aliphatic hydroxyl groups excluding tert-OH is 3. The van der Waals surface area contributed by atoms with Crippen LogP contribution in [0.25, 0.3) is 0 Å². The molecule has 0 saturated heterocycles. The van der Waals surface area contributed by atoms with Gasteiger partial charge in [-0.1, -0.05) is 0 Å². The standard InChI is InChI=1S/C8H14N2O3S/c9-2-1-6(12)7(13)8-10-3-5(4-11)14-8/h3,6-7,11-13H,1-2,4,9H2. The highest BCUT2D eigenvalue weighted by Crippen LogP contribution is 2.23. The van der Waals surface area contributed by atoms with Crippen LogP contribution in [0.4, 0.5) is 0 Å². The Morgan fingerprint density at radius 3 is 2.71 bits per heavy atom. The van der Waals surface area contributed by atoms with E-state index in [0.717, 1.165) is 0 Å². The Morgan fingerprint density at radius 2 is 2.21 bits per heavy atom. The average molecular weight is 218 g/mol. The van der Waals surface area contributed by atoms with Crippen LogP contribution in [0.15, 0.2) is 6.20 Å². The molecule has 0 bridgehead atoms. The van der Waals surface area contributed by atoms with Crippen molar-refractivity contribution >= 4 is 11.3 Å². The van der Waals surface area contributed by atoms with Gasteiger partial charge >= 0.3 is 0 Å². The lowest BCUT2D eigenvalue weighted by Gasteiger charge is -2.14. The van der Waals surface area contributed by atoms with Crippen LogP contribution in [-0.4, -0.2) is 33.0 Å². The highest BCUT2D eigenvalue weighted by Gasteiger charge is 2.20. The van der Waals surface area contributed by atoms with E-state index >= 15 is 0 Å². The first kappa shape index (κ1) is 11.5. The minimum atomic E-state index is -1.01. The molecule has 0 radical (unpaired) electrons. The molecule has 14 heavy (non-hydrogen) atoms. The van der Waals surface area contributed by atoms with Gasteiger partial charge < -0.3 is 21.1 Å². The summed E-state index contributed by atoms with van der Waals surface area (Å²) >= 11 is 1.18. The summed E-state index contributed by atoms with van der Waals surface area (Å²) in [6.07, 6.45) is -0.0883. The molecular formula is C8H14N2O3S. The van der Waals surface area contributed by atoms with E-state index in [9.17, 15) is 10.2 Å². The van der Waals surface area contributed by atoms with Crippen LogP contribution in [0.5, 0.6) is 0 Å². The lowest BCUT2D eigenvalue weighted by atomic mass is 10.1. The number of thiazole rings is 1. The quantitative estimate of drug-likeness (QED) is 0.528. The Hall–Kier alpha value is -0.530. The average Bonchev–Trinajstić information content (AvgIpc) is 2.65. The Bertz CT molecular complexity index is 279. The van der Waals surface area contributed by atoms with Crippen molar-refractivity contribution in [3.63, 3.8) is 0 Å². The third-order valence-corrected chi connectivity index (χ3v) is 2.86. The zero-order valence-corrected chi connectivity index (χ0v) is 8.44. The summed E-state index contributed by atoms with van der Waals surface area (Å²) in [5.41, 5.74) is 5.25. The Kier molecular flexibility index (Phi) is 4.43. The van der Waals surface area contributed by atoms with Crippen molar-refractivity contribution in [1.29, 1.82) is 0 Å². The highest BCUT2D eigenvalue weighted by molar-refractivity contribution is 7.11. The SMILES string of the molecule is NCCC(O)C(O)c1ncc(CO)s1. The zero-order valence-electron chi connectivity index (χ0n) is 7.63. The number of nitrogens with two attached hydrogens (primary N) is 1. The predicted molar refractivity (Wildman–Crippen MR) is 52.7 cm³/mol. The Balaban J connectivity index is 2.63. The van der Waals surface area contributed by atoms with Gasteiger partial charge in [0, 0.05) is 6.20 Å². The molecule has 5 N–H and O–H groups in total. The van der Waals surface area contributed by atoms with Gasteiger partial charge in [-0.15, -0.1) is 11.3 Å². The molecule has 6 heteroatoms. The second-order valence-corrected chi connectivity index (χ2v) is 4.06. The summed E-state index contributed by atoms with van der Waals surface area (Å²) in [5.74, 6) is 0. The van der Waals surface area contributed by atoms with Crippen molar-refractivity contribution in [2.75, 3.05) is 6.54 Å². The van der Waals surface area contributed by atoms with E-state index in [0.29, 0.717) is 22.9 Å². The number of nitrogens with zero attached hydrogens (tertiary/aromatic N) is 1. The third kappa shape index (κ3) is 2.73. The fourth-order valence-corrected chi connectivity index (χ4v) is 1.85. The van der Waals surface area contributed by atoms with Crippen molar-refractivity contribution in [1.82, 2.24) is 4.98 Å². The molecule has 2 unspecified atom stereocenters. The summed E-state index contributed by atoms with van der Waals surface area (Å²) in [6, 6.07) is 0. The van der Waals surface area contributed by atoms with E-state index in [1.54, 1.807) is 0 Å². The number of hydrogen-bond acceptors (Lipinski definition) is 6. The molecule has 5 nitrogen and oxygen atoms in total. The first-order valence-electron chi connectivity index (χ1n) is 4.30. The van der Waals surface area contributed by atoms with E-state index in [2.05, 4.69) is 4.98 Å². The minimum Gasteiger partial charge on any atom is -0.391 e. The second kappa shape index (κ2) is 5.38. The Labute approximate surface area is 85.8 Å². The maximum absolute atomic E-state index is 9.59. The largest absolute Gasteiger partial charge is 0.391 e. The molecular weight excluding hydrogens is 204 g/mol. The lowest BCUT2D eigenvalue weighted by molar-refractivity contribution is 0.0149. The van der Waals surface area contributed by atoms with Crippen LogP contribution < -0.4 is 5.73 Å². The summed E-state index contributed by atoms with van der Waals surface area (Å²) in [6.45, 7) is 0.216. The lowest BCUT2D eigenvalue weighted by Crippen LogP contribution is -2.21. The molecule has 1 aromatic rings. The summed E-state index contributed by atoms with van der Waals surface area (Å²) in [7, 11) is 0. The molecule has 0 aliphatic heterocycles. The van der Waals surface area contributed by atoms with Crippen LogP contribution >= 0.6 is 11.3 Å². The van der Waals surface area contributed by atoms with Crippen LogP contribution in [0, 0.1) is 0 Å². The monoisotopic (exact) mass is 218 g/mol. The van der Waals surface area contributed by atoms with Gasteiger partial charge in [-0.3, -0.25) is 0 Å². The van der Waals surface area contributed by atoms with Gasteiger partial charge in [-0.2, -0.15) is 0 Å². The second-order valence-electron chi connectivity index (χ2n) is 2.91. The molecule has 0 saturated carbocycles. The maximum Gasteiger partial charge on any atom is 0.131 e. The van der Waals surface area contributed by atoms with Gasteiger partial charge in [0.25, 0.3) is 0 Å². The molecule has 2 atom stereocenters.